The lowest BCUT2D eigenvalue weighted by Crippen LogP contribution is -2.57. The Morgan fingerprint density at radius 1 is 0.929 bits per heavy atom. The lowest BCUT2D eigenvalue weighted by molar-refractivity contribution is -0.130. The molecule has 0 bridgehead atoms. The van der Waals surface area contributed by atoms with Gasteiger partial charge in [0.2, 0.25) is 5.91 Å². The van der Waals surface area contributed by atoms with E-state index in [1.807, 2.05) is 17.0 Å². The molecule has 154 valence electrons. The van der Waals surface area contributed by atoms with E-state index in [1.54, 1.807) is 6.92 Å². The Kier molecular flexibility index (Phi) is 6.44. The van der Waals surface area contributed by atoms with Crippen molar-refractivity contribution in [2.24, 2.45) is 0 Å². The molecule has 1 atom stereocenters. The first-order valence-electron chi connectivity index (χ1n) is 10.8. The van der Waals surface area contributed by atoms with E-state index >= 15 is 0 Å². The maximum Gasteiger partial charge on any atom is 0.219 e. The van der Waals surface area contributed by atoms with Gasteiger partial charge < -0.3 is 9.80 Å². The van der Waals surface area contributed by atoms with Crippen molar-refractivity contribution in [2.45, 2.75) is 44.7 Å². The molecule has 4 rings (SSSR count). The van der Waals surface area contributed by atoms with Crippen LogP contribution in [0.15, 0.2) is 24.3 Å². The van der Waals surface area contributed by atoms with Crippen molar-refractivity contribution in [3.05, 3.63) is 29.3 Å². The van der Waals surface area contributed by atoms with Crippen LogP contribution in [0.25, 0.3) is 0 Å². The van der Waals surface area contributed by atoms with Gasteiger partial charge in [-0.05, 0) is 50.4 Å². The number of amides is 1. The number of likely N-dealkylation sites (tertiary alicyclic amines) is 2. The van der Waals surface area contributed by atoms with Crippen molar-refractivity contribution in [1.29, 1.82) is 0 Å². The van der Waals surface area contributed by atoms with Gasteiger partial charge in [0.1, 0.15) is 0 Å². The zero-order chi connectivity index (χ0) is 19.5. The SMILES string of the molecule is CC(=O)N1CCC(N2CCC[C@H](N3CCN(c4cccc(Cl)c4)CC3)C2)CC1. The number of rotatable bonds is 3. The number of piperazine rings is 1. The van der Waals surface area contributed by atoms with Crippen molar-refractivity contribution in [1.82, 2.24) is 14.7 Å². The van der Waals surface area contributed by atoms with Crippen LogP contribution in [0.3, 0.4) is 0 Å². The Bertz CT molecular complexity index is 668. The summed E-state index contributed by atoms with van der Waals surface area (Å²) in [4.78, 5) is 21.5. The Morgan fingerprint density at radius 2 is 1.68 bits per heavy atom. The lowest BCUT2D eigenvalue weighted by Gasteiger charge is -2.47. The highest BCUT2D eigenvalue weighted by Crippen LogP contribution is 2.26. The van der Waals surface area contributed by atoms with Crippen LogP contribution >= 0.6 is 11.6 Å². The van der Waals surface area contributed by atoms with Crippen molar-refractivity contribution < 1.29 is 4.79 Å². The third-order valence-corrected chi connectivity index (χ3v) is 7.09. The molecule has 3 aliphatic heterocycles. The highest BCUT2D eigenvalue weighted by Gasteiger charge is 2.32. The average Bonchev–Trinajstić information content (AvgIpc) is 2.74. The maximum atomic E-state index is 11.6. The number of anilines is 1. The van der Waals surface area contributed by atoms with Crippen molar-refractivity contribution in [3.63, 3.8) is 0 Å². The van der Waals surface area contributed by atoms with E-state index in [2.05, 4.69) is 26.8 Å². The van der Waals surface area contributed by atoms with Gasteiger partial charge in [0, 0.05) is 75.5 Å². The van der Waals surface area contributed by atoms with E-state index in [-0.39, 0.29) is 5.91 Å². The van der Waals surface area contributed by atoms with Gasteiger partial charge in [-0.25, -0.2) is 0 Å². The zero-order valence-corrected chi connectivity index (χ0v) is 17.8. The first kappa shape index (κ1) is 20.0. The minimum atomic E-state index is 0.229. The van der Waals surface area contributed by atoms with Gasteiger partial charge in [-0.15, -0.1) is 0 Å². The molecular formula is C22H33ClN4O. The Balaban J connectivity index is 1.28. The van der Waals surface area contributed by atoms with Crippen LogP contribution in [0, 0.1) is 0 Å². The number of hydrogen-bond donors (Lipinski definition) is 0. The number of piperidine rings is 2. The molecule has 0 N–H and O–H groups in total. The normalized spacial score (nSPS) is 25.9. The molecule has 5 nitrogen and oxygen atoms in total. The zero-order valence-electron chi connectivity index (χ0n) is 17.0. The van der Waals surface area contributed by atoms with Crippen molar-refractivity contribution >= 4 is 23.2 Å². The molecule has 0 saturated carbocycles. The summed E-state index contributed by atoms with van der Waals surface area (Å²) in [5, 5.41) is 0.818. The number of carbonyl (C=O) groups is 1. The molecule has 3 fully saturated rings. The van der Waals surface area contributed by atoms with Crippen molar-refractivity contribution in [2.75, 3.05) is 57.3 Å². The fourth-order valence-corrected chi connectivity index (χ4v) is 5.36. The van der Waals surface area contributed by atoms with E-state index in [0.717, 1.165) is 57.1 Å². The Morgan fingerprint density at radius 3 is 2.36 bits per heavy atom. The van der Waals surface area contributed by atoms with Gasteiger partial charge in [0.25, 0.3) is 0 Å². The second kappa shape index (κ2) is 9.02. The Labute approximate surface area is 174 Å². The highest BCUT2D eigenvalue weighted by atomic mass is 35.5. The van der Waals surface area contributed by atoms with Crippen LogP contribution < -0.4 is 4.90 Å². The molecule has 0 aliphatic carbocycles. The fraction of sp³-hybridized carbons (Fsp3) is 0.682. The number of benzene rings is 1. The molecule has 28 heavy (non-hydrogen) atoms. The smallest absolute Gasteiger partial charge is 0.219 e. The molecule has 3 aliphatic rings. The minimum absolute atomic E-state index is 0.229. The van der Waals surface area contributed by atoms with Crippen LogP contribution in [0.2, 0.25) is 5.02 Å². The van der Waals surface area contributed by atoms with Gasteiger partial charge >= 0.3 is 0 Å². The molecular weight excluding hydrogens is 372 g/mol. The number of carbonyl (C=O) groups excluding carboxylic acids is 1. The van der Waals surface area contributed by atoms with Gasteiger partial charge in [-0.3, -0.25) is 14.6 Å². The summed E-state index contributed by atoms with van der Waals surface area (Å²) >= 11 is 6.17. The average molecular weight is 405 g/mol. The number of hydrogen-bond acceptors (Lipinski definition) is 4. The predicted octanol–water partition coefficient (Wildman–Crippen LogP) is 2.94. The molecule has 3 saturated heterocycles. The minimum Gasteiger partial charge on any atom is -0.369 e. The third-order valence-electron chi connectivity index (χ3n) is 6.86. The van der Waals surface area contributed by atoms with E-state index < -0.39 is 0 Å². The molecule has 0 spiro atoms. The quantitative estimate of drug-likeness (QED) is 0.774. The molecule has 0 aromatic heterocycles. The van der Waals surface area contributed by atoms with E-state index in [0.29, 0.717) is 12.1 Å². The molecule has 1 aromatic carbocycles. The van der Waals surface area contributed by atoms with Crippen LogP contribution in [0.4, 0.5) is 5.69 Å². The van der Waals surface area contributed by atoms with E-state index in [9.17, 15) is 4.79 Å². The monoisotopic (exact) mass is 404 g/mol. The summed E-state index contributed by atoms with van der Waals surface area (Å²) in [6.07, 6.45) is 4.88. The Hall–Kier alpha value is -1.30. The second-order valence-electron chi connectivity index (χ2n) is 8.53. The van der Waals surface area contributed by atoms with Gasteiger partial charge in [-0.2, -0.15) is 0 Å². The van der Waals surface area contributed by atoms with E-state index in [1.165, 1.54) is 31.6 Å². The highest BCUT2D eigenvalue weighted by molar-refractivity contribution is 6.30. The second-order valence-corrected chi connectivity index (χ2v) is 8.97. The van der Waals surface area contributed by atoms with Gasteiger partial charge in [0.15, 0.2) is 0 Å². The van der Waals surface area contributed by atoms with Crippen LogP contribution in [-0.2, 0) is 4.79 Å². The fourth-order valence-electron chi connectivity index (χ4n) is 5.18. The summed E-state index contributed by atoms with van der Waals surface area (Å²) in [5.74, 6) is 0.229. The molecule has 0 unspecified atom stereocenters. The molecule has 0 radical (unpaired) electrons. The standard InChI is InChI=1S/C22H33ClN4O/c1-18(28)24-10-7-20(8-11-24)27-9-3-6-22(17-27)26-14-12-25(13-15-26)21-5-2-4-19(23)16-21/h2,4-5,16,20,22H,3,6-15,17H2,1H3/t22-/m0/s1. The number of halogens is 1. The molecule has 1 aromatic rings. The summed E-state index contributed by atoms with van der Waals surface area (Å²) in [5.41, 5.74) is 1.25. The first-order valence-corrected chi connectivity index (χ1v) is 11.2. The van der Waals surface area contributed by atoms with Gasteiger partial charge in [-0.1, -0.05) is 17.7 Å². The molecule has 6 heteroatoms. The molecule has 3 heterocycles. The lowest BCUT2D eigenvalue weighted by atomic mass is 9.96. The summed E-state index contributed by atoms with van der Waals surface area (Å²) in [7, 11) is 0. The summed E-state index contributed by atoms with van der Waals surface area (Å²) in [6.45, 7) is 10.4. The summed E-state index contributed by atoms with van der Waals surface area (Å²) in [6, 6.07) is 9.57. The van der Waals surface area contributed by atoms with Crippen LogP contribution in [-0.4, -0.2) is 85.0 Å². The third kappa shape index (κ3) is 4.64. The van der Waals surface area contributed by atoms with Crippen LogP contribution in [0.1, 0.15) is 32.6 Å². The largest absolute Gasteiger partial charge is 0.369 e. The topological polar surface area (TPSA) is 30.0 Å². The van der Waals surface area contributed by atoms with E-state index in [4.69, 9.17) is 11.6 Å². The molecule has 1 amide bonds. The predicted molar refractivity (Wildman–Crippen MR) is 115 cm³/mol. The van der Waals surface area contributed by atoms with Gasteiger partial charge in [0.05, 0.1) is 0 Å². The number of nitrogens with zero attached hydrogens (tertiary/aromatic N) is 4. The summed E-state index contributed by atoms with van der Waals surface area (Å²) < 4.78 is 0. The van der Waals surface area contributed by atoms with Crippen molar-refractivity contribution in [3.8, 4) is 0 Å². The first-order chi connectivity index (χ1) is 13.6. The van der Waals surface area contributed by atoms with Crippen LogP contribution in [0.5, 0.6) is 0 Å². The maximum absolute atomic E-state index is 11.6.